The van der Waals surface area contributed by atoms with E-state index in [1.807, 2.05) is 19.1 Å². The maximum Gasteiger partial charge on any atom is 0.118 e. The lowest BCUT2D eigenvalue weighted by Gasteiger charge is -2.27. The molecule has 0 aliphatic carbocycles. The third-order valence-corrected chi connectivity index (χ3v) is 3.25. The number of benzene rings is 1. The zero-order valence-corrected chi connectivity index (χ0v) is 11.1. The number of anilines is 1. The van der Waals surface area contributed by atoms with Crippen LogP contribution in [-0.2, 0) is 4.74 Å². The lowest BCUT2D eigenvalue weighted by Crippen LogP contribution is -2.43. The van der Waals surface area contributed by atoms with Crippen LogP contribution in [0.15, 0.2) is 18.2 Å². The monoisotopic (exact) mass is 250 g/mol. The van der Waals surface area contributed by atoms with Crippen LogP contribution in [0, 0.1) is 6.92 Å². The zero-order chi connectivity index (χ0) is 13.0. The van der Waals surface area contributed by atoms with Crippen LogP contribution < -0.4 is 10.6 Å². The first-order valence-corrected chi connectivity index (χ1v) is 6.52. The Balaban J connectivity index is 1.85. The van der Waals surface area contributed by atoms with Gasteiger partial charge in [0.2, 0.25) is 0 Å². The normalized spacial score (nSPS) is 21.6. The number of aromatic hydroxyl groups is 1. The summed E-state index contributed by atoms with van der Waals surface area (Å²) in [7, 11) is 0. The molecule has 1 heterocycles. The number of ether oxygens (including phenoxy) is 1. The highest BCUT2D eigenvalue weighted by Gasteiger charge is 2.16. The fourth-order valence-electron chi connectivity index (χ4n) is 2.29. The van der Waals surface area contributed by atoms with Gasteiger partial charge in [-0.3, -0.25) is 0 Å². The Morgan fingerprint density at radius 2 is 2.39 bits per heavy atom. The maximum atomic E-state index is 9.48. The highest BCUT2D eigenvalue weighted by atomic mass is 16.5. The molecule has 100 valence electrons. The minimum Gasteiger partial charge on any atom is -0.508 e. The largest absolute Gasteiger partial charge is 0.508 e. The van der Waals surface area contributed by atoms with E-state index in [1.165, 1.54) is 0 Å². The average Bonchev–Trinajstić information content (AvgIpc) is 2.35. The topological polar surface area (TPSA) is 53.5 Å². The standard InChI is InChI=1S/C14H22N2O2/c1-10-7-12(3-4-14(10)17)16-11(2)8-13-9-18-6-5-15-13/h3-4,7,11,13,15-17H,5-6,8-9H2,1-2H3. The number of hydrogen-bond donors (Lipinski definition) is 3. The molecule has 0 spiro atoms. The van der Waals surface area contributed by atoms with Crippen LogP contribution in [0.1, 0.15) is 18.9 Å². The van der Waals surface area contributed by atoms with E-state index in [0.717, 1.165) is 37.4 Å². The van der Waals surface area contributed by atoms with Gasteiger partial charge in [0.05, 0.1) is 13.2 Å². The maximum absolute atomic E-state index is 9.48. The second kappa shape index (κ2) is 6.07. The summed E-state index contributed by atoms with van der Waals surface area (Å²) in [6.45, 7) is 6.62. The van der Waals surface area contributed by atoms with Crippen molar-refractivity contribution in [3.05, 3.63) is 23.8 Å². The van der Waals surface area contributed by atoms with Gasteiger partial charge in [-0.05, 0) is 44.0 Å². The first-order valence-electron chi connectivity index (χ1n) is 6.52. The molecule has 1 saturated heterocycles. The van der Waals surface area contributed by atoms with Crippen molar-refractivity contribution < 1.29 is 9.84 Å². The Hall–Kier alpha value is -1.26. The van der Waals surface area contributed by atoms with E-state index in [2.05, 4.69) is 17.6 Å². The summed E-state index contributed by atoms with van der Waals surface area (Å²) in [6.07, 6.45) is 1.03. The van der Waals surface area contributed by atoms with E-state index >= 15 is 0 Å². The fraction of sp³-hybridized carbons (Fsp3) is 0.571. The van der Waals surface area contributed by atoms with Crippen molar-refractivity contribution in [1.29, 1.82) is 0 Å². The quantitative estimate of drug-likeness (QED) is 0.714. The predicted molar refractivity (Wildman–Crippen MR) is 73.2 cm³/mol. The lowest BCUT2D eigenvalue weighted by atomic mass is 10.1. The smallest absolute Gasteiger partial charge is 0.118 e. The minimum atomic E-state index is 0.343. The van der Waals surface area contributed by atoms with Gasteiger partial charge in [-0.2, -0.15) is 0 Å². The van der Waals surface area contributed by atoms with Crippen LogP contribution in [0.2, 0.25) is 0 Å². The molecule has 0 bridgehead atoms. The van der Waals surface area contributed by atoms with Gasteiger partial charge in [0, 0.05) is 24.3 Å². The van der Waals surface area contributed by atoms with Gasteiger partial charge in [-0.25, -0.2) is 0 Å². The van der Waals surface area contributed by atoms with Crippen LogP contribution in [0.25, 0.3) is 0 Å². The van der Waals surface area contributed by atoms with E-state index in [-0.39, 0.29) is 0 Å². The fourth-order valence-corrected chi connectivity index (χ4v) is 2.29. The molecule has 3 N–H and O–H groups in total. The van der Waals surface area contributed by atoms with Gasteiger partial charge in [-0.15, -0.1) is 0 Å². The van der Waals surface area contributed by atoms with Crippen LogP contribution >= 0.6 is 0 Å². The Bertz CT molecular complexity index is 389. The van der Waals surface area contributed by atoms with Crippen molar-refractivity contribution in [3.63, 3.8) is 0 Å². The molecule has 2 unspecified atom stereocenters. The molecule has 4 heteroatoms. The highest BCUT2D eigenvalue weighted by Crippen LogP contribution is 2.21. The van der Waals surface area contributed by atoms with Crippen LogP contribution in [0.3, 0.4) is 0 Å². The van der Waals surface area contributed by atoms with E-state index in [4.69, 9.17) is 4.74 Å². The number of morpholine rings is 1. The lowest BCUT2D eigenvalue weighted by molar-refractivity contribution is 0.0731. The zero-order valence-electron chi connectivity index (χ0n) is 11.1. The molecule has 4 nitrogen and oxygen atoms in total. The molecule has 1 fully saturated rings. The molecule has 2 atom stereocenters. The summed E-state index contributed by atoms with van der Waals surface area (Å²) >= 11 is 0. The third-order valence-electron chi connectivity index (χ3n) is 3.25. The number of phenols is 1. The molecule has 1 aromatic rings. The number of phenolic OH excluding ortho intramolecular Hbond substituents is 1. The number of nitrogens with one attached hydrogen (secondary N) is 2. The van der Waals surface area contributed by atoms with Gasteiger partial charge in [0.1, 0.15) is 5.75 Å². The summed E-state index contributed by atoms with van der Waals surface area (Å²) in [5.74, 6) is 0.343. The van der Waals surface area contributed by atoms with Crippen molar-refractivity contribution in [1.82, 2.24) is 5.32 Å². The molecular formula is C14H22N2O2. The van der Waals surface area contributed by atoms with Gasteiger partial charge in [0.15, 0.2) is 0 Å². The van der Waals surface area contributed by atoms with Gasteiger partial charge in [-0.1, -0.05) is 0 Å². The Morgan fingerprint density at radius 3 is 3.06 bits per heavy atom. The van der Waals surface area contributed by atoms with Crippen molar-refractivity contribution in [3.8, 4) is 5.75 Å². The molecule has 0 saturated carbocycles. The molecule has 2 rings (SSSR count). The summed E-state index contributed by atoms with van der Waals surface area (Å²) < 4.78 is 5.44. The number of hydrogen-bond acceptors (Lipinski definition) is 4. The highest BCUT2D eigenvalue weighted by molar-refractivity contribution is 5.50. The molecule has 0 amide bonds. The van der Waals surface area contributed by atoms with E-state index in [9.17, 15) is 5.11 Å². The molecule has 1 aromatic carbocycles. The summed E-state index contributed by atoms with van der Waals surface area (Å²) in [5.41, 5.74) is 1.95. The average molecular weight is 250 g/mol. The second-order valence-electron chi connectivity index (χ2n) is 5.01. The third kappa shape index (κ3) is 3.62. The SMILES string of the molecule is Cc1cc(NC(C)CC2COCCN2)ccc1O. The summed E-state index contributed by atoms with van der Waals surface area (Å²) in [6, 6.07) is 6.40. The summed E-state index contributed by atoms with van der Waals surface area (Å²) in [5, 5.41) is 16.4. The minimum absolute atomic E-state index is 0.343. The number of aryl methyl sites for hydroxylation is 1. The molecule has 1 aliphatic rings. The summed E-state index contributed by atoms with van der Waals surface area (Å²) in [4.78, 5) is 0. The predicted octanol–water partition coefficient (Wildman–Crippen LogP) is 1.88. The molecule has 1 aliphatic heterocycles. The van der Waals surface area contributed by atoms with Crippen LogP contribution in [0.5, 0.6) is 5.75 Å². The molecule has 0 aromatic heterocycles. The first-order chi connectivity index (χ1) is 8.65. The van der Waals surface area contributed by atoms with Crippen molar-refractivity contribution in [2.45, 2.75) is 32.4 Å². The van der Waals surface area contributed by atoms with E-state index in [1.54, 1.807) is 6.07 Å². The van der Waals surface area contributed by atoms with Gasteiger partial charge in [0.25, 0.3) is 0 Å². The van der Waals surface area contributed by atoms with Gasteiger partial charge >= 0.3 is 0 Å². The Labute approximate surface area is 108 Å². The van der Waals surface area contributed by atoms with E-state index < -0.39 is 0 Å². The van der Waals surface area contributed by atoms with Crippen LogP contribution in [0.4, 0.5) is 5.69 Å². The molecule has 0 radical (unpaired) electrons. The Kier molecular flexibility index (Phi) is 4.44. The van der Waals surface area contributed by atoms with Crippen molar-refractivity contribution in [2.24, 2.45) is 0 Å². The van der Waals surface area contributed by atoms with Crippen molar-refractivity contribution in [2.75, 3.05) is 25.1 Å². The van der Waals surface area contributed by atoms with Crippen LogP contribution in [-0.4, -0.2) is 36.9 Å². The van der Waals surface area contributed by atoms with Gasteiger partial charge < -0.3 is 20.5 Å². The van der Waals surface area contributed by atoms with E-state index in [0.29, 0.717) is 17.8 Å². The molecular weight excluding hydrogens is 228 g/mol. The van der Waals surface area contributed by atoms with Crippen molar-refractivity contribution >= 4 is 5.69 Å². The Morgan fingerprint density at radius 1 is 1.56 bits per heavy atom. The second-order valence-corrected chi connectivity index (χ2v) is 5.01. The number of rotatable bonds is 4. The molecule has 18 heavy (non-hydrogen) atoms. The first kappa shape index (κ1) is 13.2.